The minimum Gasteiger partial charge on any atom is -0.497 e. The molecule has 25 heavy (non-hydrogen) atoms. The van der Waals surface area contributed by atoms with Crippen molar-refractivity contribution in [3.63, 3.8) is 0 Å². The van der Waals surface area contributed by atoms with Gasteiger partial charge in [0.1, 0.15) is 5.75 Å². The van der Waals surface area contributed by atoms with Crippen molar-refractivity contribution >= 4 is 23.6 Å². The van der Waals surface area contributed by atoms with Crippen LogP contribution in [0, 0.1) is 0 Å². The molecule has 5 heteroatoms. The molecule has 0 aliphatic carbocycles. The quantitative estimate of drug-likeness (QED) is 0.620. The van der Waals surface area contributed by atoms with Gasteiger partial charge in [-0.15, -0.1) is 0 Å². The lowest BCUT2D eigenvalue weighted by Crippen LogP contribution is -2.20. The molecule has 5 nitrogen and oxygen atoms in total. The van der Waals surface area contributed by atoms with E-state index in [9.17, 15) is 9.59 Å². The third-order valence-corrected chi connectivity index (χ3v) is 3.49. The van der Waals surface area contributed by atoms with Crippen LogP contribution in [0.4, 0.5) is 5.69 Å². The van der Waals surface area contributed by atoms with Gasteiger partial charge in [0.25, 0.3) is 5.91 Å². The molecule has 1 N–H and O–H groups in total. The Morgan fingerprint density at radius 3 is 2.56 bits per heavy atom. The van der Waals surface area contributed by atoms with Gasteiger partial charge in [-0.05, 0) is 47.9 Å². The fourth-order valence-electron chi connectivity index (χ4n) is 2.13. The first-order chi connectivity index (χ1) is 12.1. The van der Waals surface area contributed by atoms with Crippen molar-refractivity contribution in [2.24, 2.45) is 0 Å². The van der Waals surface area contributed by atoms with Crippen LogP contribution in [0.5, 0.6) is 5.75 Å². The lowest BCUT2D eigenvalue weighted by molar-refractivity contribution is -0.142. The molecule has 2 rings (SSSR count). The second-order valence-corrected chi connectivity index (χ2v) is 5.32. The Bertz CT molecular complexity index is 751. The summed E-state index contributed by atoms with van der Waals surface area (Å²) in [5.74, 6) is -0.212. The van der Waals surface area contributed by atoms with E-state index in [-0.39, 0.29) is 12.5 Å². The molecule has 2 aromatic rings. The van der Waals surface area contributed by atoms with Gasteiger partial charge >= 0.3 is 5.97 Å². The van der Waals surface area contributed by atoms with Crippen molar-refractivity contribution in [3.05, 3.63) is 65.7 Å². The van der Waals surface area contributed by atoms with Crippen LogP contribution in [0.1, 0.15) is 18.1 Å². The number of carbonyl (C=O) groups is 2. The number of hydrogen-bond acceptors (Lipinski definition) is 4. The predicted molar refractivity (Wildman–Crippen MR) is 97.4 cm³/mol. The standard InChI is InChI=1S/C20H21NO4/c1-3-15-5-4-6-17(13-15)21-19(22)14-25-20(23)12-9-16-7-10-18(24-2)11-8-16/h4-13H,3,14H2,1-2H3,(H,21,22)/b12-9+. The minimum atomic E-state index is -0.576. The van der Waals surface area contributed by atoms with Gasteiger partial charge in [-0.25, -0.2) is 4.79 Å². The highest BCUT2D eigenvalue weighted by Gasteiger charge is 2.06. The molecule has 1 amide bonds. The monoisotopic (exact) mass is 339 g/mol. The summed E-state index contributed by atoms with van der Waals surface area (Å²) in [7, 11) is 1.59. The number of aryl methyl sites for hydroxylation is 1. The number of ether oxygens (including phenoxy) is 2. The molecule has 0 spiro atoms. The van der Waals surface area contributed by atoms with Crippen molar-refractivity contribution in [2.45, 2.75) is 13.3 Å². The highest BCUT2D eigenvalue weighted by Crippen LogP contribution is 2.12. The first-order valence-corrected chi connectivity index (χ1v) is 7.98. The zero-order valence-electron chi connectivity index (χ0n) is 14.3. The summed E-state index contributed by atoms with van der Waals surface area (Å²) in [6.45, 7) is 1.71. The number of anilines is 1. The van der Waals surface area contributed by atoms with Crippen molar-refractivity contribution in [1.82, 2.24) is 0 Å². The molecular weight excluding hydrogens is 318 g/mol. The molecule has 0 aliphatic rings. The van der Waals surface area contributed by atoms with Crippen LogP contribution >= 0.6 is 0 Å². The zero-order valence-corrected chi connectivity index (χ0v) is 14.3. The molecular formula is C20H21NO4. The lowest BCUT2D eigenvalue weighted by Gasteiger charge is -2.06. The summed E-state index contributed by atoms with van der Waals surface area (Å²) in [6, 6.07) is 14.8. The number of carbonyl (C=O) groups excluding carboxylic acids is 2. The number of methoxy groups -OCH3 is 1. The summed E-state index contributed by atoms with van der Waals surface area (Å²) in [4.78, 5) is 23.5. The van der Waals surface area contributed by atoms with Gasteiger partial charge in [0, 0.05) is 11.8 Å². The second kappa shape index (κ2) is 9.27. The van der Waals surface area contributed by atoms with Gasteiger partial charge in [0.2, 0.25) is 0 Å². The van der Waals surface area contributed by atoms with E-state index in [4.69, 9.17) is 9.47 Å². The number of benzene rings is 2. The predicted octanol–water partition coefficient (Wildman–Crippen LogP) is 3.45. The van der Waals surface area contributed by atoms with Crippen LogP contribution in [-0.4, -0.2) is 25.6 Å². The Morgan fingerprint density at radius 2 is 1.88 bits per heavy atom. The van der Waals surface area contributed by atoms with Gasteiger partial charge in [0.05, 0.1) is 7.11 Å². The van der Waals surface area contributed by atoms with E-state index in [0.29, 0.717) is 5.69 Å². The smallest absolute Gasteiger partial charge is 0.331 e. The summed E-state index contributed by atoms with van der Waals surface area (Å²) in [5, 5.41) is 2.70. The number of nitrogens with one attached hydrogen (secondary N) is 1. The average Bonchev–Trinajstić information content (AvgIpc) is 2.65. The van der Waals surface area contributed by atoms with Gasteiger partial charge in [-0.3, -0.25) is 4.79 Å². The van der Waals surface area contributed by atoms with E-state index < -0.39 is 5.97 Å². The summed E-state index contributed by atoms with van der Waals surface area (Å²) in [6.07, 6.45) is 3.78. The van der Waals surface area contributed by atoms with Crippen LogP contribution in [0.25, 0.3) is 6.08 Å². The van der Waals surface area contributed by atoms with Crippen molar-refractivity contribution < 1.29 is 19.1 Å². The SMILES string of the molecule is CCc1cccc(NC(=O)COC(=O)/C=C/c2ccc(OC)cc2)c1. The maximum atomic E-state index is 11.8. The zero-order chi connectivity index (χ0) is 18.1. The molecule has 0 fully saturated rings. The molecule has 0 saturated heterocycles. The van der Waals surface area contributed by atoms with E-state index in [0.717, 1.165) is 23.3 Å². The van der Waals surface area contributed by atoms with Crippen LogP contribution < -0.4 is 10.1 Å². The van der Waals surface area contributed by atoms with E-state index in [1.165, 1.54) is 6.08 Å². The molecule has 0 bridgehead atoms. The van der Waals surface area contributed by atoms with Crippen molar-refractivity contribution in [2.75, 3.05) is 19.0 Å². The fraction of sp³-hybridized carbons (Fsp3) is 0.200. The summed E-state index contributed by atoms with van der Waals surface area (Å²) in [5.41, 5.74) is 2.64. The average molecular weight is 339 g/mol. The Hall–Kier alpha value is -3.08. The molecule has 2 aromatic carbocycles. The topological polar surface area (TPSA) is 64.6 Å². The van der Waals surface area contributed by atoms with Gasteiger partial charge < -0.3 is 14.8 Å². The molecule has 0 heterocycles. The van der Waals surface area contributed by atoms with E-state index in [1.54, 1.807) is 31.4 Å². The molecule has 0 aromatic heterocycles. The van der Waals surface area contributed by atoms with Crippen molar-refractivity contribution in [1.29, 1.82) is 0 Å². The van der Waals surface area contributed by atoms with Crippen LogP contribution in [0.15, 0.2) is 54.6 Å². The first-order valence-electron chi connectivity index (χ1n) is 7.98. The molecule has 130 valence electrons. The van der Waals surface area contributed by atoms with Crippen LogP contribution in [-0.2, 0) is 20.7 Å². The molecule has 0 atom stereocenters. The van der Waals surface area contributed by atoms with Gasteiger partial charge in [-0.2, -0.15) is 0 Å². The van der Waals surface area contributed by atoms with E-state index in [2.05, 4.69) is 5.32 Å². The second-order valence-electron chi connectivity index (χ2n) is 5.32. The van der Waals surface area contributed by atoms with Crippen molar-refractivity contribution in [3.8, 4) is 5.75 Å². The van der Waals surface area contributed by atoms with Gasteiger partial charge in [0.15, 0.2) is 6.61 Å². The number of amides is 1. The van der Waals surface area contributed by atoms with E-state index in [1.807, 2.05) is 37.3 Å². The summed E-state index contributed by atoms with van der Waals surface area (Å²) >= 11 is 0. The third-order valence-electron chi connectivity index (χ3n) is 3.49. The Kier molecular flexibility index (Phi) is 6.77. The maximum Gasteiger partial charge on any atom is 0.331 e. The highest BCUT2D eigenvalue weighted by molar-refractivity contribution is 5.94. The highest BCUT2D eigenvalue weighted by atomic mass is 16.5. The third kappa shape index (κ3) is 6.14. The van der Waals surface area contributed by atoms with Crippen LogP contribution in [0.3, 0.4) is 0 Å². The largest absolute Gasteiger partial charge is 0.497 e. The Morgan fingerprint density at radius 1 is 1.12 bits per heavy atom. The number of esters is 1. The first kappa shape index (κ1) is 18.3. The minimum absolute atomic E-state index is 0.331. The lowest BCUT2D eigenvalue weighted by atomic mass is 10.1. The molecule has 0 radical (unpaired) electrons. The normalized spacial score (nSPS) is 10.5. The Labute approximate surface area is 147 Å². The number of hydrogen-bond donors (Lipinski definition) is 1. The van der Waals surface area contributed by atoms with Crippen LogP contribution in [0.2, 0.25) is 0 Å². The van der Waals surface area contributed by atoms with E-state index >= 15 is 0 Å². The Balaban J connectivity index is 1.80. The van der Waals surface area contributed by atoms with Gasteiger partial charge in [-0.1, -0.05) is 31.2 Å². The molecule has 0 aliphatic heterocycles. The molecule has 0 unspecified atom stereocenters. The molecule has 0 saturated carbocycles. The maximum absolute atomic E-state index is 11.8. The summed E-state index contributed by atoms with van der Waals surface area (Å²) < 4.78 is 10.00. The fourth-order valence-corrected chi connectivity index (χ4v) is 2.13. The number of rotatable bonds is 7.